The number of aryl methyl sites for hydroxylation is 1. The van der Waals surface area contributed by atoms with Gasteiger partial charge in [-0.05, 0) is 11.4 Å². The van der Waals surface area contributed by atoms with E-state index in [1.807, 2.05) is 0 Å². The molecule has 3 rings (SSSR count). The van der Waals surface area contributed by atoms with Gasteiger partial charge in [-0.1, -0.05) is 6.07 Å². The first-order valence-electron chi connectivity index (χ1n) is 5.62. The smallest absolute Gasteiger partial charge is 0.369 e. The van der Waals surface area contributed by atoms with Gasteiger partial charge in [0.2, 0.25) is 11.5 Å². The third-order valence-electron chi connectivity index (χ3n) is 2.90. The molecule has 1 aromatic heterocycles. The summed E-state index contributed by atoms with van der Waals surface area (Å²) in [4.78, 5) is 28.0. The Balaban J connectivity index is 2.50. The van der Waals surface area contributed by atoms with E-state index in [-0.39, 0.29) is 17.3 Å². The van der Waals surface area contributed by atoms with Gasteiger partial charge < -0.3 is 5.21 Å². The highest BCUT2D eigenvalue weighted by molar-refractivity contribution is 7.13. The van der Waals surface area contributed by atoms with Gasteiger partial charge >= 0.3 is 17.1 Å². The molecule has 0 bridgehead atoms. The Bertz CT molecular complexity index is 880. The molecule has 1 aromatic rings. The fourth-order valence-electron chi connectivity index (χ4n) is 1.85. The molecule has 0 spiro atoms. The minimum absolute atomic E-state index is 0.0339. The van der Waals surface area contributed by atoms with Crippen molar-refractivity contribution in [2.75, 3.05) is 0 Å². The van der Waals surface area contributed by atoms with Crippen LogP contribution in [-0.4, -0.2) is 19.3 Å². The molecule has 102 valence electrons. The van der Waals surface area contributed by atoms with Gasteiger partial charge in [-0.25, -0.2) is 9.52 Å². The summed E-state index contributed by atoms with van der Waals surface area (Å²) >= 11 is 1.33. The van der Waals surface area contributed by atoms with E-state index in [9.17, 15) is 14.8 Å². The first kappa shape index (κ1) is 12.5. The van der Waals surface area contributed by atoms with E-state index in [1.54, 1.807) is 17.5 Å². The molecular formula is C11H9N5O3S. The second kappa shape index (κ2) is 4.23. The number of hydrogen-bond acceptors (Lipinski definition) is 6. The highest BCUT2D eigenvalue weighted by Crippen LogP contribution is 2.20. The van der Waals surface area contributed by atoms with Gasteiger partial charge in [0.15, 0.2) is 0 Å². The fraction of sp³-hybridized carbons (Fsp3) is 0.182. The van der Waals surface area contributed by atoms with Gasteiger partial charge in [0, 0.05) is 7.05 Å². The Labute approximate surface area is 116 Å². The van der Waals surface area contributed by atoms with E-state index in [0.717, 1.165) is 4.57 Å². The summed E-state index contributed by atoms with van der Waals surface area (Å²) in [5.41, 5.74) is -1.61. The van der Waals surface area contributed by atoms with Crippen molar-refractivity contribution in [3.05, 3.63) is 43.6 Å². The lowest BCUT2D eigenvalue weighted by Crippen LogP contribution is -2.47. The molecule has 0 aliphatic carbocycles. The molecule has 0 N–H and O–H groups in total. The van der Waals surface area contributed by atoms with Crippen molar-refractivity contribution in [1.29, 1.82) is 0 Å². The van der Waals surface area contributed by atoms with E-state index in [0.29, 0.717) is 9.61 Å². The van der Waals surface area contributed by atoms with Crippen LogP contribution in [0.25, 0.3) is 22.2 Å². The summed E-state index contributed by atoms with van der Waals surface area (Å²) in [7, 11) is 2.81. The van der Waals surface area contributed by atoms with Crippen LogP contribution in [0.15, 0.2) is 27.1 Å². The third-order valence-corrected chi connectivity index (χ3v) is 3.76. The Kier molecular flexibility index (Phi) is 2.64. The SMILES string of the molecule is Cn1nc(-c2cccs2)[n+]([O-])c2c(=O)n(C)c(=O)nc1-2. The Morgan fingerprint density at radius 3 is 2.75 bits per heavy atom. The van der Waals surface area contributed by atoms with Gasteiger partial charge in [-0.15, -0.1) is 11.3 Å². The molecule has 0 atom stereocenters. The number of thiophene rings is 1. The van der Waals surface area contributed by atoms with Crippen LogP contribution in [-0.2, 0) is 14.1 Å². The second-order valence-electron chi connectivity index (χ2n) is 4.15. The molecule has 0 radical (unpaired) electrons. The van der Waals surface area contributed by atoms with Crippen LogP contribution in [0.3, 0.4) is 0 Å². The topological polar surface area (TPSA) is 96.7 Å². The minimum Gasteiger partial charge on any atom is -0.710 e. The predicted molar refractivity (Wildman–Crippen MR) is 71.4 cm³/mol. The Hall–Kier alpha value is -2.55. The van der Waals surface area contributed by atoms with Gasteiger partial charge in [-0.3, -0.25) is 9.36 Å². The number of fused-ring (bicyclic) bond motifs is 1. The highest BCUT2D eigenvalue weighted by Gasteiger charge is 2.28. The van der Waals surface area contributed by atoms with Gasteiger partial charge in [0.05, 0.1) is 12.1 Å². The molecule has 20 heavy (non-hydrogen) atoms. The quantitative estimate of drug-likeness (QED) is 0.438. The van der Waals surface area contributed by atoms with Crippen molar-refractivity contribution in [3.63, 3.8) is 0 Å². The Morgan fingerprint density at radius 1 is 1.35 bits per heavy atom. The molecule has 3 heterocycles. The van der Waals surface area contributed by atoms with Crippen LogP contribution in [0.4, 0.5) is 0 Å². The lowest BCUT2D eigenvalue weighted by atomic mass is 10.3. The maximum Gasteiger partial charge on any atom is 0.369 e. The van der Waals surface area contributed by atoms with E-state index in [1.165, 1.54) is 30.1 Å². The number of aromatic nitrogens is 5. The first-order chi connectivity index (χ1) is 9.50. The zero-order chi connectivity index (χ0) is 14.4. The standard InChI is InChI=1S/C11H9N5O3S/c1-14-10(17)7-9(12-11(14)18)15(2)13-8(16(7)19)6-4-3-5-20-6/h3-5H,1-2H3. The number of nitrogens with zero attached hydrogens (tertiary/aromatic N) is 5. The maximum atomic E-state index is 12.4. The average molecular weight is 291 g/mol. The molecule has 0 amide bonds. The fourth-order valence-corrected chi connectivity index (χ4v) is 2.54. The summed E-state index contributed by atoms with van der Waals surface area (Å²) in [6.07, 6.45) is 0. The highest BCUT2D eigenvalue weighted by atomic mass is 32.1. The average Bonchev–Trinajstić information content (AvgIpc) is 2.93. The minimum atomic E-state index is -0.719. The number of hydrogen-bond donors (Lipinski definition) is 0. The zero-order valence-corrected chi connectivity index (χ0v) is 11.4. The van der Waals surface area contributed by atoms with Crippen molar-refractivity contribution in [3.8, 4) is 22.2 Å². The Morgan fingerprint density at radius 2 is 2.10 bits per heavy atom. The lowest BCUT2D eigenvalue weighted by Gasteiger charge is -2.13. The monoisotopic (exact) mass is 291 g/mol. The van der Waals surface area contributed by atoms with Crippen LogP contribution in [0, 0.1) is 5.21 Å². The van der Waals surface area contributed by atoms with Crippen LogP contribution < -0.4 is 16.0 Å². The third kappa shape index (κ3) is 1.63. The summed E-state index contributed by atoms with van der Waals surface area (Å²) in [5, 5.41) is 18.2. The predicted octanol–water partition coefficient (Wildman–Crippen LogP) is -0.659. The molecule has 0 saturated heterocycles. The molecule has 2 aliphatic rings. The van der Waals surface area contributed by atoms with Crippen LogP contribution in [0.1, 0.15) is 0 Å². The summed E-state index contributed by atoms with van der Waals surface area (Å²) < 4.78 is 2.49. The molecule has 2 aliphatic heterocycles. The molecule has 9 heteroatoms. The van der Waals surface area contributed by atoms with Crippen molar-refractivity contribution in [1.82, 2.24) is 19.3 Å². The molecule has 0 saturated carbocycles. The molecule has 0 unspecified atom stereocenters. The van der Waals surface area contributed by atoms with Crippen molar-refractivity contribution in [2.45, 2.75) is 0 Å². The van der Waals surface area contributed by atoms with Crippen molar-refractivity contribution < 1.29 is 4.73 Å². The van der Waals surface area contributed by atoms with Crippen LogP contribution in [0.2, 0.25) is 0 Å². The molecular weight excluding hydrogens is 282 g/mol. The summed E-state index contributed by atoms with van der Waals surface area (Å²) in [5.74, 6) is 0.0703. The van der Waals surface area contributed by atoms with E-state index >= 15 is 0 Å². The summed E-state index contributed by atoms with van der Waals surface area (Å²) in [6.45, 7) is 0. The van der Waals surface area contributed by atoms with E-state index in [2.05, 4.69) is 10.1 Å². The molecule has 0 aromatic carbocycles. The largest absolute Gasteiger partial charge is 0.710 e. The van der Waals surface area contributed by atoms with Gasteiger partial charge in [0.1, 0.15) is 4.88 Å². The van der Waals surface area contributed by atoms with Crippen LogP contribution >= 0.6 is 11.3 Å². The van der Waals surface area contributed by atoms with Crippen molar-refractivity contribution in [2.24, 2.45) is 14.1 Å². The zero-order valence-electron chi connectivity index (χ0n) is 10.6. The van der Waals surface area contributed by atoms with E-state index < -0.39 is 11.2 Å². The lowest BCUT2D eigenvalue weighted by molar-refractivity contribution is -0.587. The maximum absolute atomic E-state index is 12.4. The molecule has 8 nitrogen and oxygen atoms in total. The van der Waals surface area contributed by atoms with Gasteiger partial charge in [0.25, 0.3) is 0 Å². The number of rotatable bonds is 1. The normalized spacial score (nSPS) is 11.1. The molecule has 0 fully saturated rings. The van der Waals surface area contributed by atoms with E-state index in [4.69, 9.17) is 0 Å². The van der Waals surface area contributed by atoms with Crippen LogP contribution in [0.5, 0.6) is 0 Å². The second-order valence-corrected chi connectivity index (χ2v) is 5.10. The summed E-state index contributed by atoms with van der Waals surface area (Å²) in [6, 6.07) is 3.51. The first-order valence-corrected chi connectivity index (χ1v) is 6.50. The van der Waals surface area contributed by atoms with Gasteiger partial charge in [-0.2, -0.15) is 9.67 Å². The van der Waals surface area contributed by atoms with Crippen molar-refractivity contribution >= 4 is 11.3 Å².